The molecule has 142 valence electrons. The Morgan fingerprint density at radius 3 is 2.32 bits per heavy atom. The lowest BCUT2D eigenvalue weighted by Crippen LogP contribution is -2.33. The number of ether oxygens (including phenoxy) is 1. The molecule has 1 fully saturated rings. The van der Waals surface area contributed by atoms with Gasteiger partial charge >= 0.3 is 7.82 Å². The zero-order valence-electron chi connectivity index (χ0n) is 12.5. The van der Waals surface area contributed by atoms with E-state index in [1.807, 2.05) is 0 Å². The molecule has 0 aromatic carbocycles. The number of nitrogen functional groups attached to an aromatic ring is 1. The van der Waals surface area contributed by atoms with Crippen LogP contribution >= 0.6 is 7.82 Å². The van der Waals surface area contributed by atoms with Crippen LogP contribution in [0.25, 0.3) is 11.2 Å². The fourth-order valence-corrected chi connectivity index (χ4v) is 2.17. The van der Waals surface area contributed by atoms with Crippen molar-refractivity contribution in [2.24, 2.45) is 0 Å². The molecule has 4 unspecified atom stereocenters. The fourth-order valence-electron chi connectivity index (χ4n) is 2.17. The summed E-state index contributed by atoms with van der Waals surface area (Å²) in [6, 6.07) is 0. The maximum absolute atomic E-state index is 9.95. The van der Waals surface area contributed by atoms with E-state index in [1.165, 1.54) is 17.2 Å². The maximum Gasteiger partial charge on any atom is 0.466 e. The van der Waals surface area contributed by atoms with E-state index in [0.717, 1.165) is 0 Å². The largest absolute Gasteiger partial charge is 0.466 e. The van der Waals surface area contributed by atoms with Gasteiger partial charge in [-0.15, -0.1) is 0 Å². The van der Waals surface area contributed by atoms with Crippen LogP contribution in [0.5, 0.6) is 0 Å². The number of anilines is 1. The normalized spacial score (nSPS) is 26.0. The van der Waals surface area contributed by atoms with Crippen molar-refractivity contribution in [1.29, 1.82) is 0 Å². The molecular formula is C10H18N5O9P. The van der Waals surface area contributed by atoms with Gasteiger partial charge in [0.15, 0.2) is 17.7 Å². The van der Waals surface area contributed by atoms with E-state index in [2.05, 4.69) is 15.0 Å². The van der Waals surface area contributed by atoms with E-state index in [-0.39, 0.29) is 11.3 Å². The highest BCUT2D eigenvalue weighted by Gasteiger charge is 2.43. The molecule has 0 saturated carbocycles. The lowest BCUT2D eigenvalue weighted by molar-refractivity contribution is -0.0511. The van der Waals surface area contributed by atoms with Crippen molar-refractivity contribution in [3.8, 4) is 0 Å². The van der Waals surface area contributed by atoms with Gasteiger partial charge in [-0.2, -0.15) is 0 Å². The van der Waals surface area contributed by atoms with E-state index in [1.54, 1.807) is 0 Å². The Labute approximate surface area is 139 Å². The van der Waals surface area contributed by atoms with Gasteiger partial charge in [0.2, 0.25) is 0 Å². The van der Waals surface area contributed by atoms with Crippen LogP contribution in [0.3, 0.4) is 0 Å². The zero-order chi connectivity index (χ0) is 18.1. The summed E-state index contributed by atoms with van der Waals surface area (Å²) < 4.78 is 15.7. The first-order valence-corrected chi connectivity index (χ1v) is 8.03. The van der Waals surface area contributed by atoms with Crippen molar-refractivity contribution in [2.75, 3.05) is 12.3 Å². The number of phosphoric acid groups is 1. The standard InChI is InChI=1S/C10H13N5O4.H3O4P.H2O/c11-8-5-9(13-2-12-8)15(3-14-5)10-7(18)6(17)4(1-16)19-10;1-5(2,3)4;/h2-4,6-7,10,16-18H,1H2,(H2,11,12,13);(H3,1,2,3,4);1H2. The molecule has 0 radical (unpaired) electrons. The van der Waals surface area contributed by atoms with Crippen molar-refractivity contribution in [1.82, 2.24) is 19.5 Å². The van der Waals surface area contributed by atoms with Crippen molar-refractivity contribution < 1.29 is 44.8 Å². The van der Waals surface area contributed by atoms with Crippen LogP contribution in [0.1, 0.15) is 6.23 Å². The predicted octanol–water partition coefficient (Wildman–Crippen LogP) is -3.73. The SMILES string of the molecule is Nc1ncnc2c1ncn2C1OC(CO)C(O)C1O.O.O=P(O)(O)O. The molecule has 2 aromatic heterocycles. The smallest absolute Gasteiger partial charge is 0.412 e. The second kappa shape index (κ2) is 8.09. The molecule has 4 atom stereocenters. The molecule has 3 heterocycles. The molecule has 10 N–H and O–H groups in total. The monoisotopic (exact) mass is 383 g/mol. The van der Waals surface area contributed by atoms with Gasteiger partial charge in [0, 0.05) is 0 Å². The van der Waals surface area contributed by atoms with E-state index in [4.69, 9.17) is 34.8 Å². The molecule has 0 amide bonds. The van der Waals surface area contributed by atoms with Gasteiger partial charge < -0.3 is 45.9 Å². The third-order valence-corrected chi connectivity index (χ3v) is 3.18. The number of nitrogens with two attached hydrogens (primary N) is 1. The summed E-state index contributed by atoms with van der Waals surface area (Å²) in [5.41, 5.74) is 6.44. The number of hydrogen-bond donors (Lipinski definition) is 7. The number of imidazole rings is 1. The number of aliphatic hydroxyl groups excluding tert-OH is 3. The Kier molecular flexibility index (Phi) is 6.90. The van der Waals surface area contributed by atoms with Crippen LogP contribution < -0.4 is 5.73 Å². The maximum atomic E-state index is 9.95. The Hall–Kier alpha value is -1.74. The van der Waals surface area contributed by atoms with Gasteiger partial charge in [-0.05, 0) is 0 Å². The molecule has 2 aromatic rings. The van der Waals surface area contributed by atoms with E-state index >= 15 is 0 Å². The summed E-state index contributed by atoms with van der Waals surface area (Å²) in [4.78, 5) is 33.5. The van der Waals surface area contributed by atoms with Gasteiger partial charge in [-0.1, -0.05) is 0 Å². The minimum atomic E-state index is -4.64. The number of aliphatic hydroxyl groups is 3. The van der Waals surface area contributed by atoms with Crippen LogP contribution in [0.2, 0.25) is 0 Å². The quantitative estimate of drug-likeness (QED) is 0.247. The van der Waals surface area contributed by atoms with Crippen LogP contribution in [-0.2, 0) is 9.30 Å². The van der Waals surface area contributed by atoms with Crippen LogP contribution in [0.4, 0.5) is 5.82 Å². The van der Waals surface area contributed by atoms with Gasteiger partial charge in [0.05, 0.1) is 12.9 Å². The second-order valence-corrected chi connectivity index (χ2v) is 5.85. The molecule has 15 heteroatoms. The Bertz CT molecular complexity index is 743. The summed E-state index contributed by atoms with van der Waals surface area (Å²) in [7, 11) is -4.64. The van der Waals surface area contributed by atoms with Crippen LogP contribution in [-0.4, -0.2) is 79.9 Å². The van der Waals surface area contributed by atoms with Crippen LogP contribution in [0.15, 0.2) is 12.7 Å². The molecule has 0 aliphatic carbocycles. The van der Waals surface area contributed by atoms with E-state index in [0.29, 0.717) is 11.2 Å². The average Bonchev–Trinajstić information content (AvgIpc) is 3.01. The molecule has 3 rings (SSSR count). The summed E-state index contributed by atoms with van der Waals surface area (Å²) in [6.07, 6.45) is -1.42. The second-order valence-electron chi connectivity index (χ2n) is 4.83. The van der Waals surface area contributed by atoms with Gasteiger partial charge in [-0.25, -0.2) is 19.5 Å². The fraction of sp³-hybridized carbons (Fsp3) is 0.500. The number of aromatic nitrogens is 4. The minimum absolute atomic E-state index is 0. The molecule has 0 spiro atoms. The first-order chi connectivity index (χ1) is 11.1. The lowest BCUT2D eigenvalue weighted by atomic mass is 10.1. The Morgan fingerprint density at radius 1 is 1.20 bits per heavy atom. The first kappa shape index (κ1) is 21.3. The highest BCUT2D eigenvalue weighted by Crippen LogP contribution is 2.31. The van der Waals surface area contributed by atoms with Gasteiger partial charge in [0.25, 0.3) is 0 Å². The Balaban J connectivity index is 0.000000462. The van der Waals surface area contributed by atoms with E-state index in [9.17, 15) is 10.2 Å². The highest BCUT2D eigenvalue weighted by atomic mass is 31.2. The average molecular weight is 383 g/mol. The summed E-state index contributed by atoms with van der Waals surface area (Å²) in [6.45, 7) is -0.390. The topological polar surface area (TPSA) is 249 Å². The van der Waals surface area contributed by atoms with Gasteiger partial charge in [0.1, 0.15) is 30.2 Å². The lowest BCUT2D eigenvalue weighted by Gasteiger charge is -2.16. The molecular weight excluding hydrogens is 365 g/mol. The summed E-state index contributed by atoms with van der Waals surface area (Å²) >= 11 is 0. The molecule has 25 heavy (non-hydrogen) atoms. The Morgan fingerprint density at radius 2 is 1.80 bits per heavy atom. The summed E-state index contributed by atoms with van der Waals surface area (Å²) in [5.74, 6) is 0.218. The molecule has 14 nitrogen and oxygen atoms in total. The number of rotatable bonds is 2. The van der Waals surface area contributed by atoms with Gasteiger partial charge in [-0.3, -0.25) is 4.57 Å². The van der Waals surface area contributed by atoms with Crippen molar-refractivity contribution in [3.05, 3.63) is 12.7 Å². The first-order valence-electron chi connectivity index (χ1n) is 6.47. The molecule has 1 aliphatic heterocycles. The van der Waals surface area contributed by atoms with Crippen molar-refractivity contribution in [2.45, 2.75) is 24.5 Å². The number of fused-ring (bicyclic) bond motifs is 1. The highest BCUT2D eigenvalue weighted by molar-refractivity contribution is 7.45. The third kappa shape index (κ3) is 4.88. The van der Waals surface area contributed by atoms with Crippen molar-refractivity contribution in [3.63, 3.8) is 0 Å². The number of nitrogens with zero attached hydrogens (tertiary/aromatic N) is 4. The minimum Gasteiger partial charge on any atom is -0.412 e. The molecule has 0 bridgehead atoms. The molecule has 1 saturated heterocycles. The van der Waals surface area contributed by atoms with E-state index < -0.39 is 39.0 Å². The summed E-state index contributed by atoms with van der Waals surface area (Å²) in [5, 5.41) is 28.7. The zero-order valence-corrected chi connectivity index (χ0v) is 13.4. The van der Waals surface area contributed by atoms with Crippen molar-refractivity contribution >= 4 is 24.8 Å². The predicted molar refractivity (Wildman–Crippen MR) is 80.6 cm³/mol. The van der Waals surface area contributed by atoms with Crippen LogP contribution in [0, 0.1) is 0 Å². The number of hydrogen-bond acceptors (Lipinski definition) is 9. The molecule has 1 aliphatic rings. The third-order valence-electron chi connectivity index (χ3n) is 3.18.